The van der Waals surface area contributed by atoms with E-state index in [1.54, 1.807) is 0 Å². The molecule has 0 saturated heterocycles. The molecule has 2 N–H and O–H groups in total. The molecule has 126 valence electrons. The second kappa shape index (κ2) is 7.27. The lowest BCUT2D eigenvalue weighted by molar-refractivity contribution is -0.118. The highest BCUT2D eigenvalue weighted by molar-refractivity contribution is 9.10. The van der Waals surface area contributed by atoms with E-state index in [4.69, 9.17) is 4.42 Å². The summed E-state index contributed by atoms with van der Waals surface area (Å²) in [4.78, 5) is 16.3. The quantitative estimate of drug-likeness (QED) is 0.438. The Hall–Kier alpha value is -1.99. The van der Waals surface area contributed by atoms with Gasteiger partial charge in [0.15, 0.2) is 5.84 Å². The van der Waals surface area contributed by atoms with E-state index < -0.39 is 5.82 Å². The van der Waals surface area contributed by atoms with Gasteiger partial charge in [0.1, 0.15) is 17.9 Å². The van der Waals surface area contributed by atoms with Gasteiger partial charge >= 0.3 is 0 Å². The van der Waals surface area contributed by atoms with Crippen LogP contribution < -0.4 is 5.48 Å². The Morgan fingerprint density at radius 2 is 2.21 bits per heavy atom. The Morgan fingerprint density at radius 1 is 1.42 bits per heavy atom. The highest BCUT2D eigenvalue weighted by Gasteiger charge is 2.25. The summed E-state index contributed by atoms with van der Waals surface area (Å²) in [7, 11) is 0. The van der Waals surface area contributed by atoms with E-state index in [9.17, 15) is 14.4 Å². The summed E-state index contributed by atoms with van der Waals surface area (Å²) in [5, 5.41) is 9.40. The third-order valence-electron chi connectivity index (χ3n) is 3.85. The van der Waals surface area contributed by atoms with E-state index >= 15 is 0 Å². The van der Waals surface area contributed by atoms with Crippen LogP contribution in [-0.2, 0) is 11.2 Å². The van der Waals surface area contributed by atoms with Crippen molar-refractivity contribution in [1.29, 1.82) is 0 Å². The third-order valence-corrected chi connectivity index (χ3v) is 4.46. The Morgan fingerprint density at radius 3 is 2.88 bits per heavy atom. The van der Waals surface area contributed by atoms with E-state index in [-0.39, 0.29) is 22.5 Å². The van der Waals surface area contributed by atoms with E-state index in [2.05, 4.69) is 20.9 Å². The number of nitrogens with one attached hydrogen (secondary N) is 1. The molecular formula is C17H16BrFN2O3. The average Bonchev–Trinajstić information content (AvgIpc) is 3.25. The standard InChI is InChI=1S/C17H16BrFN2O3/c18-15-7-12(3-4-16(15)19)20-17(21-23)14-9-24-8-11(14)6-13(22)5-10-1-2-10/h3-4,7-10,23H,1-2,5-6H2,(H,20,21). The Labute approximate surface area is 146 Å². The Kier molecular flexibility index (Phi) is 5.11. The largest absolute Gasteiger partial charge is 0.472 e. The zero-order valence-electron chi connectivity index (χ0n) is 12.8. The molecule has 24 heavy (non-hydrogen) atoms. The number of hydrogen-bond acceptors (Lipinski definition) is 4. The number of aliphatic imine (C=N–C) groups is 1. The van der Waals surface area contributed by atoms with E-state index in [1.807, 2.05) is 5.48 Å². The van der Waals surface area contributed by atoms with Crippen LogP contribution in [0.1, 0.15) is 30.4 Å². The molecule has 0 unspecified atom stereocenters. The number of rotatable bonds is 6. The number of carbonyl (C=O) groups is 1. The van der Waals surface area contributed by atoms with Gasteiger partial charge in [0.25, 0.3) is 0 Å². The van der Waals surface area contributed by atoms with Crippen LogP contribution >= 0.6 is 15.9 Å². The normalized spacial score (nSPS) is 14.7. The molecule has 0 atom stereocenters. The summed E-state index contributed by atoms with van der Waals surface area (Å²) in [6.45, 7) is 0. The molecule has 7 heteroatoms. The lowest BCUT2D eigenvalue weighted by Gasteiger charge is -2.06. The second-order valence-corrected chi connectivity index (χ2v) is 6.70. The molecule has 1 saturated carbocycles. The molecule has 3 rings (SSSR count). The molecule has 0 amide bonds. The highest BCUT2D eigenvalue weighted by atomic mass is 79.9. The van der Waals surface area contributed by atoms with Crippen LogP contribution in [0.2, 0.25) is 0 Å². The number of hydroxylamine groups is 1. The minimum absolute atomic E-state index is 0.136. The van der Waals surface area contributed by atoms with Gasteiger partial charge in [0.05, 0.1) is 22.0 Å². The molecule has 0 aliphatic heterocycles. The third kappa shape index (κ3) is 4.10. The van der Waals surface area contributed by atoms with Crippen LogP contribution in [0, 0.1) is 11.7 Å². The first-order valence-corrected chi connectivity index (χ1v) is 8.37. The summed E-state index contributed by atoms with van der Waals surface area (Å²) < 4.78 is 18.7. The molecule has 1 heterocycles. The topological polar surface area (TPSA) is 74.8 Å². The maximum Gasteiger partial charge on any atom is 0.160 e. The van der Waals surface area contributed by atoms with Crippen molar-refractivity contribution < 1.29 is 18.8 Å². The van der Waals surface area contributed by atoms with Crippen LogP contribution in [0.25, 0.3) is 0 Å². The second-order valence-electron chi connectivity index (χ2n) is 5.84. The van der Waals surface area contributed by atoms with Crippen molar-refractivity contribution in [2.45, 2.75) is 25.7 Å². The Balaban J connectivity index is 1.82. The number of hydrogen-bond donors (Lipinski definition) is 2. The van der Waals surface area contributed by atoms with Gasteiger partial charge in [-0.05, 0) is 52.9 Å². The van der Waals surface area contributed by atoms with Gasteiger partial charge < -0.3 is 4.42 Å². The summed E-state index contributed by atoms with van der Waals surface area (Å²) >= 11 is 3.09. The summed E-state index contributed by atoms with van der Waals surface area (Å²) in [6.07, 6.45) is 5.95. The van der Waals surface area contributed by atoms with Crippen LogP contribution in [0.15, 0.2) is 44.6 Å². The number of benzene rings is 1. The van der Waals surface area contributed by atoms with Crippen molar-refractivity contribution in [3.05, 3.63) is 52.1 Å². The molecule has 0 spiro atoms. The zero-order chi connectivity index (χ0) is 17.1. The van der Waals surface area contributed by atoms with Crippen molar-refractivity contribution in [1.82, 2.24) is 5.48 Å². The molecule has 0 radical (unpaired) electrons. The maximum atomic E-state index is 13.3. The van der Waals surface area contributed by atoms with Crippen molar-refractivity contribution in [2.75, 3.05) is 0 Å². The summed E-state index contributed by atoms with van der Waals surface area (Å²) in [5.41, 5.74) is 3.62. The smallest absolute Gasteiger partial charge is 0.160 e. The van der Waals surface area contributed by atoms with Crippen molar-refractivity contribution in [2.24, 2.45) is 10.9 Å². The van der Waals surface area contributed by atoms with Crippen molar-refractivity contribution >= 4 is 33.2 Å². The van der Waals surface area contributed by atoms with Gasteiger partial charge in [-0.25, -0.2) is 9.38 Å². The van der Waals surface area contributed by atoms with Gasteiger partial charge in [0, 0.05) is 18.4 Å². The first kappa shape index (κ1) is 16.9. The van der Waals surface area contributed by atoms with Gasteiger partial charge in [-0.15, -0.1) is 0 Å². The van der Waals surface area contributed by atoms with Gasteiger partial charge in [-0.1, -0.05) is 0 Å². The van der Waals surface area contributed by atoms with Crippen LogP contribution in [0.4, 0.5) is 10.1 Å². The number of carbonyl (C=O) groups excluding carboxylic acids is 1. The summed E-state index contributed by atoms with van der Waals surface area (Å²) in [6, 6.07) is 4.24. The van der Waals surface area contributed by atoms with Crippen molar-refractivity contribution in [3.63, 3.8) is 0 Å². The predicted octanol–water partition coefficient (Wildman–Crippen LogP) is 4.15. The first-order valence-electron chi connectivity index (χ1n) is 7.58. The highest BCUT2D eigenvalue weighted by Crippen LogP contribution is 2.33. The molecule has 0 bridgehead atoms. The van der Waals surface area contributed by atoms with Crippen LogP contribution in [0.3, 0.4) is 0 Å². The lowest BCUT2D eigenvalue weighted by Crippen LogP contribution is -2.21. The number of amidine groups is 1. The minimum atomic E-state index is -0.401. The lowest BCUT2D eigenvalue weighted by atomic mass is 10.0. The van der Waals surface area contributed by atoms with E-state index in [0.29, 0.717) is 29.2 Å². The molecule has 1 aromatic carbocycles. The molecule has 1 aromatic heterocycles. The number of Topliss-reactive ketones (excluding diaryl/α,β-unsaturated/α-hetero) is 1. The van der Waals surface area contributed by atoms with Crippen LogP contribution in [0.5, 0.6) is 0 Å². The van der Waals surface area contributed by atoms with E-state index in [0.717, 1.165) is 12.8 Å². The van der Waals surface area contributed by atoms with Gasteiger partial charge in [0.2, 0.25) is 0 Å². The molecule has 1 aliphatic rings. The molecule has 2 aromatic rings. The average molecular weight is 395 g/mol. The van der Waals surface area contributed by atoms with Crippen molar-refractivity contribution in [3.8, 4) is 0 Å². The molecular weight excluding hydrogens is 379 g/mol. The van der Waals surface area contributed by atoms with Gasteiger partial charge in [-0.3, -0.25) is 15.5 Å². The fourth-order valence-corrected chi connectivity index (χ4v) is 2.79. The Bertz CT molecular complexity index is 784. The first-order chi connectivity index (χ1) is 11.6. The monoisotopic (exact) mass is 394 g/mol. The molecule has 5 nitrogen and oxygen atoms in total. The predicted molar refractivity (Wildman–Crippen MR) is 90.0 cm³/mol. The number of nitrogens with zero attached hydrogens (tertiary/aromatic N) is 1. The number of halogens is 2. The minimum Gasteiger partial charge on any atom is -0.472 e. The fourth-order valence-electron chi connectivity index (χ4n) is 2.43. The number of furan rings is 1. The van der Waals surface area contributed by atoms with E-state index in [1.165, 1.54) is 30.7 Å². The maximum absolute atomic E-state index is 13.3. The SMILES string of the molecule is O=C(Cc1cocc1C(=Nc1ccc(F)c(Br)c1)NO)CC1CC1. The number of ketones is 1. The summed E-state index contributed by atoms with van der Waals surface area (Å²) in [5.74, 6) is 0.397. The fraction of sp³-hybridized carbons (Fsp3) is 0.294. The molecule has 1 fully saturated rings. The molecule has 1 aliphatic carbocycles. The van der Waals surface area contributed by atoms with Gasteiger partial charge in [-0.2, -0.15) is 0 Å². The zero-order valence-corrected chi connectivity index (χ0v) is 14.3. The van der Waals surface area contributed by atoms with Crippen LogP contribution in [-0.4, -0.2) is 16.8 Å².